The molecular formula is C11H17N3O. The van der Waals surface area contributed by atoms with E-state index in [1.807, 2.05) is 19.1 Å². The van der Waals surface area contributed by atoms with Crippen LogP contribution in [-0.4, -0.2) is 16.4 Å². The Bertz CT molecular complexity index is 329. The summed E-state index contributed by atoms with van der Waals surface area (Å²) in [5.41, 5.74) is 5.85. The fourth-order valence-corrected chi connectivity index (χ4v) is 1.12. The Morgan fingerprint density at radius 2 is 2.00 bits per heavy atom. The highest BCUT2D eigenvalue weighted by molar-refractivity contribution is 5.85. The summed E-state index contributed by atoms with van der Waals surface area (Å²) < 4.78 is 0. The van der Waals surface area contributed by atoms with E-state index in [0.717, 1.165) is 5.56 Å². The Kier molecular flexibility index (Phi) is 3.42. The van der Waals surface area contributed by atoms with Gasteiger partial charge in [-0.1, -0.05) is 0 Å². The van der Waals surface area contributed by atoms with Crippen LogP contribution in [0.15, 0.2) is 24.5 Å². The highest BCUT2D eigenvalue weighted by Gasteiger charge is 2.23. The number of carbonyl (C=O) groups excluding carboxylic acids is 1. The van der Waals surface area contributed by atoms with Crippen LogP contribution in [0.1, 0.15) is 32.4 Å². The summed E-state index contributed by atoms with van der Waals surface area (Å²) in [7, 11) is 0. The maximum absolute atomic E-state index is 11.6. The lowest BCUT2D eigenvalue weighted by atomic mass is 10.0. The quantitative estimate of drug-likeness (QED) is 0.776. The van der Waals surface area contributed by atoms with E-state index in [1.54, 1.807) is 26.2 Å². The number of rotatable bonds is 3. The molecule has 1 rings (SSSR count). The first-order valence-corrected chi connectivity index (χ1v) is 4.91. The molecule has 82 valence electrons. The summed E-state index contributed by atoms with van der Waals surface area (Å²) in [4.78, 5) is 15.5. The number of nitrogens with two attached hydrogens (primary N) is 1. The number of amides is 1. The molecule has 0 bridgehead atoms. The lowest BCUT2D eigenvalue weighted by Gasteiger charge is -2.21. The standard InChI is InChI=1S/C11H17N3O/c1-8(9-4-6-13-7-5-9)14-10(15)11(2,3)12/h4-8H,12H2,1-3H3,(H,14,15). The molecule has 0 aliphatic rings. The van der Waals surface area contributed by atoms with Crippen molar-refractivity contribution in [2.45, 2.75) is 32.4 Å². The van der Waals surface area contributed by atoms with E-state index in [9.17, 15) is 4.79 Å². The van der Waals surface area contributed by atoms with Crippen LogP contribution in [0.25, 0.3) is 0 Å². The van der Waals surface area contributed by atoms with Gasteiger partial charge in [0.25, 0.3) is 0 Å². The highest BCUT2D eigenvalue weighted by Crippen LogP contribution is 2.11. The van der Waals surface area contributed by atoms with Gasteiger partial charge in [0.2, 0.25) is 5.91 Å². The molecule has 1 atom stereocenters. The van der Waals surface area contributed by atoms with Gasteiger partial charge in [0.15, 0.2) is 0 Å². The summed E-state index contributed by atoms with van der Waals surface area (Å²) in [5, 5.41) is 2.84. The van der Waals surface area contributed by atoms with E-state index in [-0.39, 0.29) is 11.9 Å². The van der Waals surface area contributed by atoms with Crippen molar-refractivity contribution in [2.24, 2.45) is 5.73 Å². The Morgan fingerprint density at radius 3 is 2.47 bits per heavy atom. The van der Waals surface area contributed by atoms with Crippen molar-refractivity contribution in [1.29, 1.82) is 0 Å². The molecule has 3 N–H and O–H groups in total. The van der Waals surface area contributed by atoms with Crippen LogP contribution in [0.4, 0.5) is 0 Å². The molecule has 4 nitrogen and oxygen atoms in total. The largest absolute Gasteiger partial charge is 0.348 e. The molecule has 1 aromatic rings. The molecule has 0 spiro atoms. The first kappa shape index (κ1) is 11.7. The third-order valence-electron chi connectivity index (χ3n) is 2.14. The van der Waals surface area contributed by atoms with Gasteiger partial charge in [0, 0.05) is 12.4 Å². The van der Waals surface area contributed by atoms with Crippen molar-refractivity contribution in [2.75, 3.05) is 0 Å². The lowest BCUT2D eigenvalue weighted by Crippen LogP contribution is -2.49. The second kappa shape index (κ2) is 4.40. The van der Waals surface area contributed by atoms with Gasteiger partial charge in [-0.15, -0.1) is 0 Å². The maximum atomic E-state index is 11.6. The molecule has 0 aliphatic heterocycles. The summed E-state index contributed by atoms with van der Waals surface area (Å²) in [6, 6.07) is 3.69. The molecular weight excluding hydrogens is 190 g/mol. The predicted octanol–water partition coefficient (Wildman–Crippen LogP) is 0.996. The van der Waals surface area contributed by atoms with E-state index >= 15 is 0 Å². The summed E-state index contributed by atoms with van der Waals surface area (Å²) in [5.74, 6) is -0.160. The molecule has 4 heteroatoms. The van der Waals surface area contributed by atoms with Crippen molar-refractivity contribution in [3.8, 4) is 0 Å². The number of hydrogen-bond acceptors (Lipinski definition) is 3. The molecule has 1 amide bonds. The number of pyridine rings is 1. The average molecular weight is 207 g/mol. The Morgan fingerprint density at radius 1 is 1.47 bits per heavy atom. The normalized spacial score (nSPS) is 13.3. The summed E-state index contributed by atoms with van der Waals surface area (Å²) in [6.07, 6.45) is 3.40. The van der Waals surface area contributed by atoms with Crippen molar-refractivity contribution in [3.63, 3.8) is 0 Å². The van der Waals surface area contributed by atoms with Crippen LogP contribution in [0.2, 0.25) is 0 Å². The monoisotopic (exact) mass is 207 g/mol. The zero-order valence-corrected chi connectivity index (χ0v) is 9.32. The Hall–Kier alpha value is -1.42. The van der Waals surface area contributed by atoms with Gasteiger partial charge in [0.1, 0.15) is 0 Å². The van der Waals surface area contributed by atoms with Crippen LogP contribution in [0, 0.1) is 0 Å². The van der Waals surface area contributed by atoms with Crippen LogP contribution in [-0.2, 0) is 4.79 Å². The topological polar surface area (TPSA) is 68.0 Å². The molecule has 1 aromatic heterocycles. The van der Waals surface area contributed by atoms with Gasteiger partial charge in [0.05, 0.1) is 11.6 Å². The molecule has 15 heavy (non-hydrogen) atoms. The van der Waals surface area contributed by atoms with Crippen molar-refractivity contribution in [3.05, 3.63) is 30.1 Å². The Labute approximate surface area is 89.9 Å². The van der Waals surface area contributed by atoms with Gasteiger partial charge in [-0.25, -0.2) is 0 Å². The summed E-state index contributed by atoms with van der Waals surface area (Å²) >= 11 is 0. The Balaban J connectivity index is 2.65. The molecule has 0 fully saturated rings. The van der Waals surface area contributed by atoms with E-state index < -0.39 is 5.54 Å². The third kappa shape index (κ3) is 3.32. The molecule has 1 heterocycles. The molecule has 0 saturated heterocycles. The number of aromatic nitrogens is 1. The number of nitrogens with zero attached hydrogens (tertiary/aromatic N) is 1. The zero-order chi connectivity index (χ0) is 11.5. The minimum Gasteiger partial charge on any atom is -0.348 e. The minimum absolute atomic E-state index is 0.0525. The maximum Gasteiger partial charge on any atom is 0.239 e. The SMILES string of the molecule is CC(NC(=O)C(C)(C)N)c1ccncc1. The van der Waals surface area contributed by atoms with Gasteiger partial charge in [-0.05, 0) is 38.5 Å². The molecule has 1 unspecified atom stereocenters. The van der Waals surface area contributed by atoms with Crippen molar-refractivity contribution < 1.29 is 4.79 Å². The van der Waals surface area contributed by atoms with E-state index in [1.165, 1.54) is 0 Å². The number of nitrogens with one attached hydrogen (secondary N) is 1. The molecule has 0 aliphatic carbocycles. The predicted molar refractivity (Wildman–Crippen MR) is 59.1 cm³/mol. The average Bonchev–Trinajstić information content (AvgIpc) is 2.17. The zero-order valence-electron chi connectivity index (χ0n) is 9.32. The van der Waals surface area contributed by atoms with Crippen molar-refractivity contribution >= 4 is 5.91 Å². The van der Waals surface area contributed by atoms with E-state index in [4.69, 9.17) is 5.73 Å². The van der Waals surface area contributed by atoms with Crippen LogP contribution >= 0.6 is 0 Å². The van der Waals surface area contributed by atoms with Gasteiger partial charge in [-0.3, -0.25) is 9.78 Å². The van der Waals surface area contributed by atoms with Crippen LogP contribution in [0.5, 0.6) is 0 Å². The van der Waals surface area contributed by atoms with E-state index in [2.05, 4.69) is 10.3 Å². The van der Waals surface area contributed by atoms with Gasteiger partial charge < -0.3 is 11.1 Å². The van der Waals surface area contributed by atoms with Crippen LogP contribution < -0.4 is 11.1 Å². The number of hydrogen-bond donors (Lipinski definition) is 2. The molecule has 0 aromatic carbocycles. The smallest absolute Gasteiger partial charge is 0.239 e. The second-order valence-electron chi connectivity index (χ2n) is 4.20. The van der Waals surface area contributed by atoms with Crippen LogP contribution in [0.3, 0.4) is 0 Å². The van der Waals surface area contributed by atoms with Gasteiger partial charge >= 0.3 is 0 Å². The minimum atomic E-state index is -0.846. The van der Waals surface area contributed by atoms with Gasteiger partial charge in [-0.2, -0.15) is 0 Å². The summed E-state index contributed by atoms with van der Waals surface area (Å²) in [6.45, 7) is 5.28. The van der Waals surface area contributed by atoms with Crippen molar-refractivity contribution in [1.82, 2.24) is 10.3 Å². The third-order valence-corrected chi connectivity index (χ3v) is 2.14. The first-order chi connectivity index (χ1) is 6.91. The fourth-order valence-electron chi connectivity index (χ4n) is 1.12. The second-order valence-corrected chi connectivity index (χ2v) is 4.20. The number of carbonyl (C=O) groups is 1. The lowest BCUT2D eigenvalue weighted by molar-refractivity contribution is -0.125. The fraction of sp³-hybridized carbons (Fsp3) is 0.455. The molecule has 0 saturated carbocycles. The first-order valence-electron chi connectivity index (χ1n) is 4.91. The van der Waals surface area contributed by atoms with E-state index in [0.29, 0.717) is 0 Å². The highest BCUT2D eigenvalue weighted by atomic mass is 16.2. The molecule has 0 radical (unpaired) electrons.